The van der Waals surface area contributed by atoms with Gasteiger partial charge >= 0.3 is 6.18 Å². The lowest BCUT2D eigenvalue weighted by molar-refractivity contribution is -0.141. The van der Waals surface area contributed by atoms with Crippen molar-refractivity contribution in [1.29, 1.82) is 0 Å². The number of benzene rings is 1. The molecular formula is C22H24ClF3N6O2. The maximum atomic E-state index is 13.7. The van der Waals surface area contributed by atoms with Gasteiger partial charge in [-0.3, -0.25) is 15.0 Å². The van der Waals surface area contributed by atoms with Crippen molar-refractivity contribution in [3.05, 3.63) is 46.2 Å². The predicted octanol–water partition coefficient (Wildman–Crippen LogP) is 3.02. The Morgan fingerprint density at radius 3 is 2.59 bits per heavy atom. The summed E-state index contributed by atoms with van der Waals surface area (Å²) in [6.07, 6.45) is -4.20. The van der Waals surface area contributed by atoms with E-state index in [9.17, 15) is 22.8 Å². The molecule has 4 rings (SSSR count). The molecule has 1 atom stereocenters. The van der Waals surface area contributed by atoms with Crippen LogP contribution in [0.3, 0.4) is 0 Å². The van der Waals surface area contributed by atoms with E-state index in [1.807, 2.05) is 6.92 Å². The molecule has 0 bridgehead atoms. The van der Waals surface area contributed by atoms with Crippen molar-refractivity contribution in [2.24, 2.45) is 5.92 Å². The van der Waals surface area contributed by atoms with Crippen molar-refractivity contribution in [2.75, 3.05) is 29.5 Å². The molecule has 0 radical (unpaired) electrons. The van der Waals surface area contributed by atoms with Crippen LogP contribution in [0.2, 0.25) is 5.02 Å². The SMILES string of the molecule is Cc1cc(C(F)(F)F)nc(N2NC(=O)CC2C(=O)N(CCC2CNC2)c2ccc(Cl)c(C)c2)n1. The van der Waals surface area contributed by atoms with Crippen molar-refractivity contribution < 1.29 is 22.8 Å². The number of aryl methyl sites for hydroxylation is 2. The molecule has 0 saturated carbocycles. The first kappa shape index (κ1) is 24.2. The van der Waals surface area contributed by atoms with Crippen LogP contribution < -0.4 is 20.7 Å². The van der Waals surface area contributed by atoms with Crippen LogP contribution in [0.5, 0.6) is 0 Å². The Kier molecular flexibility index (Phi) is 6.68. The zero-order valence-electron chi connectivity index (χ0n) is 18.6. The van der Waals surface area contributed by atoms with Crippen molar-refractivity contribution in [1.82, 2.24) is 20.7 Å². The van der Waals surface area contributed by atoms with Crippen molar-refractivity contribution >= 4 is 35.1 Å². The molecule has 8 nitrogen and oxygen atoms in total. The molecule has 182 valence electrons. The summed E-state index contributed by atoms with van der Waals surface area (Å²) in [6.45, 7) is 5.30. The van der Waals surface area contributed by atoms with Gasteiger partial charge in [0.05, 0.1) is 6.42 Å². The van der Waals surface area contributed by atoms with E-state index in [0.717, 1.165) is 36.1 Å². The standard InChI is InChI=1S/C22H24ClF3N6O2/c1-12-7-15(3-4-16(12)23)31(6-5-14-10-27-11-14)20(34)17-9-19(33)30-32(17)21-28-13(2)8-18(29-21)22(24,25)26/h3-4,7-8,14,17,27H,5-6,9-11H2,1-2H3,(H,30,33). The van der Waals surface area contributed by atoms with Crippen molar-refractivity contribution in [3.63, 3.8) is 0 Å². The Bertz CT molecular complexity index is 1110. The second kappa shape index (κ2) is 9.38. The van der Waals surface area contributed by atoms with E-state index in [1.165, 1.54) is 6.92 Å². The maximum absolute atomic E-state index is 13.7. The molecule has 1 aromatic carbocycles. The molecule has 0 aliphatic carbocycles. The van der Waals surface area contributed by atoms with E-state index in [4.69, 9.17) is 11.6 Å². The minimum Gasteiger partial charge on any atom is -0.316 e. The number of nitrogens with zero attached hydrogens (tertiary/aromatic N) is 4. The number of halogens is 4. The quantitative estimate of drug-likeness (QED) is 0.639. The van der Waals surface area contributed by atoms with Gasteiger partial charge in [-0.25, -0.2) is 15.0 Å². The molecule has 1 unspecified atom stereocenters. The molecule has 1 aromatic heterocycles. The van der Waals surface area contributed by atoms with Crippen LogP contribution in [-0.4, -0.2) is 47.5 Å². The van der Waals surface area contributed by atoms with Crippen LogP contribution >= 0.6 is 11.6 Å². The second-order valence-electron chi connectivity index (χ2n) is 8.55. The van der Waals surface area contributed by atoms with Gasteiger partial charge in [0.2, 0.25) is 11.9 Å². The molecular weight excluding hydrogens is 473 g/mol. The van der Waals surface area contributed by atoms with Crippen LogP contribution in [0, 0.1) is 19.8 Å². The fourth-order valence-corrected chi connectivity index (χ4v) is 4.04. The van der Waals surface area contributed by atoms with Gasteiger partial charge in [0, 0.05) is 22.9 Å². The first-order valence-corrected chi connectivity index (χ1v) is 11.2. The molecule has 2 aromatic rings. The Hall–Kier alpha value is -2.92. The van der Waals surface area contributed by atoms with Crippen LogP contribution in [0.15, 0.2) is 24.3 Å². The smallest absolute Gasteiger partial charge is 0.316 e. The monoisotopic (exact) mass is 496 g/mol. The molecule has 2 fully saturated rings. The van der Waals surface area contributed by atoms with Crippen molar-refractivity contribution in [3.8, 4) is 0 Å². The number of nitrogens with one attached hydrogen (secondary N) is 2. The highest BCUT2D eigenvalue weighted by Crippen LogP contribution is 2.31. The van der Waals surface area contributed by atoms with Crippen LogP contribution in [0.1, 0.15) is 29.8 Å². The first-order chi connectivity index (χ1) is 16.0. The molecule has 3 heterocycles. The van der Waals surface area contributed by atoms with Crippen LogP contribution in [-0.2, 0) is 15.8 Å². The van der Waals surface area contributed by atoms with Gasteiger partial charge in [-0.1, -0.05) is 11.6 Å². The Labute approximate surface area is 199 Å². The number of carbonyl (C=O) groups excluding carboxylic acids is 2. The summed E-state index contributed by atoms with van der Waals surface area (Å²) >= 11 is 6.16. The Morgan fingerprint density at radius 2 is 1.97 bits per heavy atom. The second-order valence-corrected chi connectivity index (χ2v) is 8.96. The van der Waals surface area contributed by atoms with E-state index in [0.29, 0.717) is 23.2 Å². The summed E-state index contributed by atoms with van der Waals surface area (Å²) in [6, 6.07) is 4.89. The zero-order chi connectivity index (χ0) is 24.6. The molecule has 12 heteroatoms. The van der Waals surface area contributed by atoms with Gasteiger partial charge < -0.3 is 10.2 Å². The summed E-state index contributed by atoms with van der Waals surface area (Å²) in [4.78, 5) is 35.2. The lowest BCUT2D eigenvalue weighted by Crippen LogP contribution is -2.51. The van der Waals surface area contributed by atoms with Crippen LogP contribution in [0.4, 0.5) is 24.8 Å². The minimum atomic E-state index is -4.70. The van der Waals surface area contributed by atoms with Gasteiger partial charge in [-0.2, -0.15) is 13.2 Å². The van der Waals surface area contributed by atoms with E-state index < -0.39 is 29.7 Å². The molecule has 34 heavy (non-hydrogen) atoms. The van der Waals surface area contributed by atoms with E-state index in [2.05, 4.69) is 20.7 Å². The third-order valence-electron chi connectivity index (χ3n) is 5.92. The van der Waals surface area contributed by atoms with Gasteiger partial charge in [-0.15, -0.1) is 0 Å². The van der Waals surface area contributed by atoms with Gasteiger partial charge in [0.15, 0.2) is 0 Å². The Morgan fingerprint density at radius 1 is 1.24 bits per heavy atom. The first-order valence-electron chi connectivity index (χ1n) is 10.8. The van der Waals surface area contributed by atoms with Crippen molar-refractivity contribution in [2.45, 2.75) is 38.9 Å². The topological polar surface area (TPSA) is 90.5 Å². The van der Waals surface area contributed by atoms with E-state index in [-0.39, 0.29) is 18.1 Å². The number of hydrazine groups is 1. The molecule has 2 aliphatic rings. The number of carbonyl (C=O) groups is 2. The molecule has 2 saturated heterocycles. The average Bonchev–Trinajstić information content (AvgIpc) is 3.12. The number of anilines is 2. The number of aromatic nitrogens is 2. The highest BCUT2D eigenvalue weighted by atomic mass is 35.5. The summed E-state index contributed by atoms with van der Waals surface area (Å²) in [5.41, 5.74) is 2.73. The largest absolute Gasteiger partial charge is 0.433 e. The zero-order valence-corrected chi connectivity index (χ0v) is 19.4. The van der Waals surface area contributed by atoms with E-state index in [1.54, 1.807) is 23.1 Å². The number of amides is 2. The number of hydrogen-bond donors (Lipinski definition) is 2. The van der Waals surface area contributed by atoms with Gasteiger partial charge in [-0.05, 0) is 69.1 Å². The lowest BCUT2D eigenvalue weighted by Gasteiger charge is -2.33. The summed E-state index contributed by atoms with van der Waals surface area (Å²) in [5, 5.41) is 4.77. The van der Waals surface area contributed by atoms with Gasteiger partial charge in [0.25, 0.3) is 5.91 Å². The highest BCUT2D eigenvalue weighted by molar-refractivity contribution is 6.31. The average molecular weight is 497 g/mol. The number of alkyl halides is 3. The van der Waals surface area contributed by atoms with E-state index >= 15 is 0 Å². The molecule has 2 aliphatic heterocycles. The highest BCUT2D eigenvalue weighted by Gasteiger charge is 2.42. The fraction of sp³-hybridized carbons (Fsp3) is 0.455. The predicted molar refractivity (Wildman–Crippen MR) is 120 cm³/mol. The lowest BCUT2D eigenvalue weighted by atomic mass is 9.98. The van der Waals surface area contributed by atoms with Crippen LogP contribution in [0.25, 0.3) is 0 Å². The molecule has 2 amide bonds. The Balaban J connectivity index is 1.67. The summed E-state index contributed by atoms with van der Waals surface area (Å²) < 4.78 is 39.9. The third kappa shape index (κ3) is 5.10. The molecule has 2 N–H and O–H groups in total. The molecule has 0 spiro atoms. The number of rotatable bonds is 6. The fourth-order valence-electron chi connectivity index (χ4n) is 3.93. The maximum Gasteiger partial charge on any atom is 0.433 e. The minimum absolute atomic E-state index is 0.0624. The third-order valence-corrected chi connectivity index (χ3v) is 6.34. The summed E-state index contributed by atoms with van der Waals surface area (Å²) in [5.74, 6) is -0.914. The summed E-state index contributed by atoms with van der Waals surface area (Å²) in [7, 11) is 0. The van der Waals surface area contributed by atoms with Gasteiger partial charge in [0.1, 0.15) is 11.7 Å². The number of hydrogen-bond acceptors (Lipinski definition) is 6. The normalized spacial score (nSPS) is 18.6.